The van der Waals surface area contributed by atoms with Crippen molar-refractivity contribution in [2.75, 3.05) is 13.1 Å². The first-order valence-electron chi connectivity index (χ1n) is 9.04. The molecule has 1 fully saturated rings. The van der Waals surface area contributed by atoms with Crippen molar-refractivity contribution in [3.05, 3.63) is 71.3 Å². The maximum Gasteiger partial charge on any atom is 0.253 e. The fraction of sp³-hybridized carbons (Fsp3) is 0.286. The molecular weight excluding hydrogens is 348 g/mol. The minimum atomic E-state index is -0.353. The summed E-state index contributed by atoms with van der Waals surface area (Å²) in [4.78, 5) is 14.5. The normalized spacial score (nSPS) is 19.6. The molecule has 2 aromatic rings. The molecule has 0 saturated carbocycles. The Balaban J connectivity index is 1.41. The van der Waals surface area contributed by atoms with Gasteiger partial charge in [-0.3, -0.25) is 4.79 Å². The molecule has 1 saturated heterocycles. The zero-order valence-electron chi connectivity index (χ0n) is 14.7. The quantitative estimate of drug-likeness (QED) is 0.807. The van der Waals surface area contributed by atoms with Crippen LogP contribution in [0.4, 0.5) is 8.78 Å². The molecule has 4 rings (SSSR count). The minimum absolute atomic E-state index is 0.0852. The molecule has 0 aliphatic carbocycles. The molecule has 0 spiro atoms. The Kier molecular flexibility index (Phi) is 4.79. The third-order valence-corrected chi connectivity index (χ3v) is 5.10. The van der Waals surface area contributed by atoms with Crippen LogP contribution in [0.25, 0.3) is 0 Å². The van der Waals surface area contributed by atoms with Crippen LogP contribution in [0, 0.1) is 17.6 Å². The molecule has 138 valence electrons. The lowest BCUT2D eigenvalue weighted by Crippen LogP contribution is -2.42. The summed E-state index contributed by atoms with van der Waals surface area (Å²) >= 11 is 0. The van der Waals surface area contributed by atoms with Gasteiger partial charge in [-0.15, -0.1) is 0 Å². The van der Waals surface area contributed by atoms with Crippen LogP contribution in [-0.2, 0) is 0 Å². The largest absolute Gasteiger partial charge is 0.338 e. The monoisotopic (exact) mass is 367 g/mol. The summed E-state index contributed by atoms with van der Waals surface area (Å²) in [7, 11) is 0. The highest BCUT2D eigenvalue weighted by molar-refractivity contribution is 6.15. The van der Waals surface area contributed by atoms with Crippen molar-refractivity contribution in [1.82, 2.24) is 4.90 Å². The van der Waals surface area contributed by atoms with Crippen molar-refractivity contribution in [3.63, 3.8) is 0 Å². The molecule has 4 nitrogen and oxygen atoms in total. The average molecular weight is 367 g/mol. The highest BCUT2D eigenvalue weighted by atomic mass is 19.1. The van der Waals surface area contributed by atoms with Crippen LogP contribution in [0.1, 0.15) is 35.2 Å². The molecule has 2 aliphatic heterocycles. The van der Waals surface area contributed by atoms with E-state index in [0.717, 1.165) is 29.8 Å². The number of benzene rings is 2. The highest BCUT2D eigenvalue weighted by Gasteiger charge is 2.30. The van der Waals surface area contributed by atoms with Crippen LogP contribution in [0.3, 0.4) is 0 Å². The second-order valence-electron chi connectivity index (χ2n) is 6.92. The van der Waals surface area contributed by atoms with Gasteiger partial charge in [-0.1, -0.05) is 12.1 Å². The molecule has 0 aromatic heterocycles. The van der Waals surface area contributed by atoms with Gasteiger partial charge in [0.2, 0.25) is 0 Å². The van der Waals surface area contributed by atoms with Crippen molar-refractivity contribution in [3.8, 4) is 0 Å². The third kappa shape index (κ3) is 3.79. The van der Waals surface area contributed by atoms with Gasteiger partial charge in [-0.25, -0.2) is 8.78 Å². The van der Waals surface area contributed by atoms with E-state index in [1.807, 2.05) is 0 Å². The number of halogens is 2. The van der Waals surface area contributed by atoms with Crippen molar-refractivity contribution in [2.24, 2.45) is 16.1 Å². The Morgan fingerprint density at radius 3 is 2.33 bits per heavy atom. The average Bonchev–Trinajstić information content (AvgIpc) is 3.19. The first-order valence-corrected chi connectivity index (χ1v) is 9.04. The van der Waals surface area contributed by atoms with Gasteiger partial charge in [0.05, 0.1) is 11.4 Å². The van der Waals surface area contributed by atoms with Gasteiger partial charge in [-0.2, -0.15) is 10.2 Å². The Hall–Kier alpha value is -2.89. The first-order chi connectivity index (χ1) is 13.1. The summed E-state index contributed by atoms with van der Waals surface area (Å²) < 4.78 is 26.2. The third-order valence-electron chi connectivity index (χ3n) is 5.10. The number of hydrogen-bond donors (Lipinski definition) is 0. The number of carbonyl (C=O) groups excluding carboxylic acids is 1. The van der Waals surface area contributed by atoms with Gasteiger partial charge in [-0.05, 0) is 54.8 Å². The summed E-state index contributed by atoms with van der Waals surface area (Å²) in [6.07, 6.45) is 2.47. The number of rotatable bonds is 3. The van der Waals surface area contributed by atoms with Gasteiger partial charge in [0.15, 0.2) is 0 Å². The SMILES string of the molecule is O=C(c1ccc(F)cc1)N1CCCC(C2=NN=C(c3ccc(F)cc3)C2)C1. The Morgan fingerprint density at radius 2 is 1.63 bits per heavy atom. The van der Waals surface area contributed by atoms with E-state index in [1.54, 1.807) is 17.0 Å². The summed E-state index contributed by atoms with van der Waals surface area (Å²) in [5.74, 6) is -0.558. The molecule has 2 aromatic carbocycles. The maximum atomic E-state index is 13.1. The van der Waals surface area contributed by atoms with Crippen LogP contribution in [0.5, 0.6) is 0 Å². The van der Waals surface area contributed by atoms with E-state index < -0.39 is 0 Å². The topological polar surface area (TPSA) is 45.0 Å². The zero-order chi connectivity index (χ0) is 18.8. The predicted octanol–water partition coefficient (Wildman–Crippen LogP) is 4.07. The molecule has 6 heteroatoms. The maximum absolute atomic E-state index is 13.1. The second-order valence-corrected chi connectivity index (χ2v) is 6.92. The van der Waals surface area contributed by atoms with Crippen LogP contribution < -0.4 is 0 Å². The summed E-state index contributed by atoms with van der Waals surface area (Å²) in [5, 5.41) is 8.61. The van der Waals surface area contributed by atoms with E-state index in [2.05, 4.69) is 10.2 Å². The highest BCUT2D eigenvalue weighted by Crippen LogP contribution is 2.25. The second kappa shape index (κ2) is 7.39. The van der Waals surface area contributed by atoms with E-state index in [9.17, 15) is 13.6 Å². The molecule has 0 bridgehead atoms. The summed E-state index contributed by atoms with van der Waals surface area (Å²) in [6.45, 7) is 1.27. The van der Waals surface area contributed by atoms with Crippen LogP contribution in [-0.4, -0.2) is 35.3 Å². The van der Waals surface area contributed by atoms with Crippen LogP contribution >= 0.6 is 0 Å². The fourth-order valence-corrected chi connectivity index (χ4v) is 3.60. The van der Waals surface area contributed by atoms with Crippen molar-refractivity contribution in [2.45, 2.75) is 19.3 Å². The summed E-state index contributed by atoms with van der Waals surface area (Å²) in [5.41, 5.74) is 3.15. The molecule has 0 N–H and O–H groups in total. The predicted molar refractivity (Wildman–Crippen MR) is 100 cm³/mol. The number of nitrogens with zero attached hydrogens (tertiary/aromatic N) is 3. The van der Waals surface area contributed by atoms with E-state index in [-0.39, 0.29) is 23.5 Å². The smallest absolute Gasteiger partial charge is 0.253 e. The van der Waals surface area contributed by atoms with E-state index in [4.69, 9.17) is 0 Å². The molecular formula is C21H19F2N3O. The summed E-state index contributed by atoms with van der Waals surface area (Å²) in [6, 6.07) is 11.9. The Labute approximate surface area is 156 Å². The molecule has 0 radical (unpaired) electrons. The number of amides is 1. The Bertz CT molecular complexity index is 904. The lowest BCUT2D eigenvalue weighted by atomic mass is 9.89. The number of likely N-dealkylation sites (tertiary alicyclic amines) is 1. The minimum Gasteiger partial charge on any atom is -0.338 e. The van der Waals surface area contributed by atoms with Gasteiger partial charge in [0.1, 0.15) is 11.6 Å². The molecule has 1 atom stereocenters. The number of carbonyl (C=O) groups is 1. The van der Waals surface area contributed by atoms with Crippen molar-refractivity contribution >= 4 is 17.3 Å². The molecule has 27 heavy (non-hydrogen) atoms. The molecule has 2 heterocycles. The molecule has 1 amide bonds. The standard InChI is InChI=1S/C21H19F2N3O/c22-17-7-3-14(4-8-17)19-12-20(25-24-19)16-2-1-11-26(13-16)21(27)15-5-9-18(23)10-6-15/h3-10,16H,1-2,11-13H2. The van der Waals surface area contributed by atoms with Gasteiger partial charge >= 0.3 is 0 Å². The molecule has 2 aliphatic rings. The number of piperidine rings is 1. The van der Waals surface area contributed by atoms with Crippen molar-refractivity contribution in [1.29, 1.82) is 0 Å². The van der Waals surface area contributed by atoms with E-state index in [1.165, 1.54) is 36.4 Å². The molecule has 1 unspecified atom stereocenters. The van der Waals surface area contributed by atoms with E-state index in [0.29, 0.717) is 25.1 Å². The van der Waals surface area contributed by atoms with Crippen LogP contribution in [0.15, 0.2) is 58.7 Å². The fourth-order valence-electron chi connectivity index (χ4n) is 3.60. The van der Waals surface area contributed by atoms with E-state index >= 15 is 0 Å². The van der Waals surface area contributed by atoms with Gasteiger partial charge in [0, 0.05) is 31.0 Å². The lowest BCUT2D eigenvalue weighted by Gasteiger charge is -2.32. The number of hydrogen-bond acceptors (Lipinski definition) is 3. The lowest BCUT2D eigenvalue weighted by molar-refractivity contribution is 0.0702. The van der Waals surface area contributed by atoms with Gasteiger partial charge in [0.25, 0.3) is 5.91 Å². The Morgan fingerprint density at radius 1 is 0.963 bits per heavy atom. The zero-order valence-corrected chi connectivity index (χ0v) is 14.7. The first kappa shape index (κ1) is 17.5. The van der Waals surface area contributed by atoms with Crippen molar-refractivity contribution < 1.29 is 13.6 Å². The van der Waals surface area contributed by atoms with Crippen LogP contribution in [0.2, 0.25) is 0 Å². The van der Waals surface area contributed by atoms with Gasteiger partial charge < -0.3 is 4.90 Å².